The Hall–Kier alpha value is -2.87. The van der Waals surface area contributed by atoms with Crippen molar-refractivity contribution in [3.8, 4) is 0 Å². The second-order valence-corrected chi connectivity index (χ2v) is 5.72. The normalized spacial score (nSPS) is 11.0. The highest BCUT2D eigenvalue weighted by Gasteiger charge is 2.05. The van der Waals surface area contributed by atoms with E-state index in [1.165, 1.54) is 21.7 Å². The topological polar surface area (TPSA) is 24.9 Å². The first kappa shape index (κ1) is 13.8. The smallest absolute Gasteiger partial charge is 0.0723 e. The van der Waals surface area contributed by atoms with Gasteiger partial charge in [-0.15, -0.1) is 0 Å². The number of hydrogen-bond donors (Lipinski definition) is 1. The van der Waals surface area contributed by atoms with Gasteiger partial charge in [0, 0.05) is 28.3 Å². The first-order valence-corrected chi connectivity index (χ1v) is 7.97. The summed E-state index contributed by atoms with van der Waals surface area (Å²) in [5, 5.41) is 7.24. The minimum absolute atomic E-state index is 1.02. The third kappa shape index (κ3) is 2.53. The number of nitrogens with zero attached hydrogens (tertiary/aromatic N) is 1. The largest absolute Gasteiger partial charge is 0.354 e. The highest BCUT2D eigenvalue weighted by atomic mass is 14.9. The average Bonchev–Trinajstić information content (AvgIpc) is 2.62. The molecule has 4 aromatic rings. The molecule has 0 atom stereocenters. The molecule has 0 saturated carbocycles. The van der Waals surface area contributed by atoms with E-state index in [2.05, 4.69) is 77.9 Å². The van der Waals surface area contributed by atoms with Gasteiger partial charge in [0.2, 0.25) is 0 Å². The van der Waals surface area contributed by atoms with Crippen LogP contribution in [0.15, 0.2) is 72.9 Å². The maximum atomic E-state index is 4.48. The number of hydrogen-bond acceptors (Lipinski definition) is 2. The lowest BCUT2D eigenvalue weighted by molar-refractivity contribution is 1.14. The second-order valence-electron chi connectivity index (χ2n) is 5.72. The van der Waals surface area contributed by atoms with Crippen molar-refractivity contribution in [2.75, 3.05) is 5.32 Å². The number of rotatable bonds is 3. The van der Waals surface area contributed by atoms with Crippen LogP contribution in [0, 0.1) is 0 Å². The zero-order valence-electron chi connectivity index (χ0n) is 13.1. The maximum absolute atomic E-state index is 4.48. The zero-order valence-corrected chi connectivity index (χ0v) is 13.1. The van der Waals surface area contributed by atoms with Crippen molar-refractivity contribution < 1.29 is 0 Å². The third-order valence-electron chi connectivity index (χ3n) is 4.27. The molecule has 0 aliphatic heterocycles. The van der Waals surface area contributed by atoms with Crippen LogP contribution >= 0.6 is 0 Å². The van der Waals surface area contributed by atoms with Gasteiger partial charge in [-0.2, -0.15) is 0 Å². The first-order chi connectivity index (χ1) is 11.3. The number of fused-ring (bicyclic) bond motifs is 2. The number of anilines is 2. The van der Waals surface area contributed by atoms with E-state index < -0.39 is 0 Å². The van der Waals surface area contributed by atoms with Crippen molar-refractivity contribution in [1.29, 1.82) is 0 Å². The van der Waals surface area contributed by atoms with Crippen LogP contribution in [0.1, 0.15) is 12.5 Å². The molecule has 1 heterocycles. The number of aryl methyl sites for hydroxylation is 1. The Bertz CT molecular complexity index is 984. The minimum atomic E-state index is 1.02. The molecule has 3 aromatic carbocycles. The van der Waals surface area contributed by atoms with Gasteiger partial charge < -0.3 is 5.32 Å². The summed E-state index contributed by atoms with van der Waals surface area (Å²) in [5.41, 5.74) is 4.57. The molecular formula is C21H18N2. The SMILES string of the molecule is CCc1ccc2nccc(Nc3cccc4ccccc34)c2c1. The highest BCUT2D eigenvalue weighted by molar-refractivity contribution is 5.99. The van der Waals surface area contributed by atoms with Crippen LogP contribution in [0.25, 0.3) is 21.7 Å². The van der Waals surface area contributed by atoms with E-state index in [-0.39, 0.29) is 0 Å². The highest BCUT2D eigenvalue weighted by Crippen LogP contribution is 2.30. The Labute approximate surface area is 135 Å². The van der Waals surface area contributed by atoms with Gasteiger partial charge in [-0.05, 0) is 41.6 Å². The molecule has 0 radical (unpaired) electrons. The lowest BCUT2D eigenvalue weighted by Crippen LogP contribution is -1.94. The number of aromatic nitrogens is 1. The monoisotopic (exact) mass is 298 g/mol. The molecule has 2 nitrogen and oxygen atoms in total. The fraction of sp³-hybridized carbons (Fsp3) is 0.0952. The van der Waals surface area contributed by atoms with Crippen molar-refractivity contribution in [1.82, 2.24) is 4.98 Å². The van der Waals surface area contributed by atoms with Crippen LogP contribution in [0.2, 0.25) is 0 Å². The average molecular weight is 298 g/mol. The van der Waals surface area contributed by atoms with Gasteiger partial charge in [0.1, 0.15) is 0 Å². The van der Waals surface area contributed by atoms with E-state index in [1.54, 1.807) is 0 Å². The van der Waals surface area contributed by atoms with Crippen molar-refractivity contribution in [3.63, 3.8) is 0 Å². The molecule has 0 spiro atoms. The quantitative estimate of drug-likeness (QED) is 0.525. The number of pyridine rings is 1. The molecule has 4 rings (SSSR count). The molecule has 0 aliphatic carbocycles. The van der Waals surface area contributed by atoms with Gasteiger partial charge >= 0.3 is 0 Å². The van der Waals surface area contributed by atoms with Gasteiger partial charge in [-0.25, -0.2) is 0 Å². The Kier molecular flexibility index (Phi) is 3.43. The van der Waals surface area contributed by atoms with E-state index in [1.807, 2.05) is 12.3 Å². The fourth-order valence-corrected chi connectivity index (χ4v) is 3.00. The molecule has 1 aromatic heterocycles. The third-order valence-corrected chi connectivity index (χ3v) is 4.27. The van der Waals surface area contributed by atoms with Crippen LogP contribution in [-0.2, 0) is 6.42 Å². The number of benzene rings is 3. The number of nitrogens with one attached hydrogen (secondary N) is 1. The van der Waals surface area contributed by atoms with E-state index in [0.29, 0.717) is 0 Å². The maximum Gasteiger partial charge on any atom is 0.0723 e. The summed E-state index contributed by atoms with van der Waals surface area (Å²) < 4.78 is 0. The Morgan fingerprint density at radius 2 is 1.65 bits per heavy atom. The summed E-state index contributed by atoms with van der Waals surface area (Å²) in [5.74, 6) is 0. The predicted molar refractivity (Wildman–Crippen MR) is 98.4 cm³/mol. The second kappa shape index (κ2) is 5.73. The van der Waals surface area contributed by atoms with Gasteiger partial charge in [-0.1, -0.05) is 49.4 Å². The van der Waals surface area contributed by atoms with Crippen molar-refractivity contribution in [2.45, 2.75) is 13.3 Å². The lowest BCUT2D eigenvalue weighted by Gasteiger charge is -2.12. The molecule has 0 fully saturated rings. The Morgan fingerprint density at radius 1 is 0.826 bits per heavy atom. The summed E-state index contributed by atoms with van der Waals surface area (Å²) in [7, 11) is 0. The molecule has 0 saturated heterocycles. The van der Waals surface area contributed by atoms with Crippen LogP contribution < -0.4 is 5.32 Å². The van der Waals surface area contributed by atoms with Crippen molar-refractivity contribution in [3.05, 3.63) is 78.5 Å². The zero-order chi connectivity index (χ0) is 15.6. The summed E-state index contributed by atoms with van der Waals surface area (Å²) in [4.78, 5) is 4.48. The van der Waals surface area contributed by atoms with Crippen molar-refractivity contribution in [2.24, 2.45) is 0 Å². The first-order valence-electron chi connectivity index (χ1n) is 7.97. The molecule has 0 aliphatic rings. The van der Waals surface area contributed by atoms with Crippen LogP contribution in [0.4, 0.5) is 11.4 Å². The molecular weight excluding hydrogens is 280 g/mol. The summed E-state index contributed by atoms with van der Waals surface area (Å²) in [6, 6.07) is 23.3. The van der Waals surface area contributed by atoms with Crippen LogP contribution in [0.3, 0.4) is 0 Å². The van der Waals surface area contributed by atoms with Crippen molar-refractivity contribution >= 4 is 33.1 Å². The molecule has 0 unspecified atom stereocenters. The predicted octanol–water partition coefficient (Wildman–Crippen LogP) is 5.69. The Balaban J connectivity index is 1.86. The van der Waals surface area contributed by atoms with Crippen LogP contribution in [0.5, 0.6) is 0 Å². The van der Waals surface area contributed by atoms with Crippen LogP contribution in [-0.4, -0.2) is 4.98 Å². The van der Waals surface area contributed by atoms with Gasteiger partial charge in [-0.3, -0.25) is 4.98 Å². The van der Waals surface area contributed by atoms with E-state index in [4.69, 9.17) is 0 Å². The van der Waals surface area contributed by atoms with E-state index in [9.17, 15) is 0 Å². The minimum Gasteiger partial charge on any atom is -0.354 e. The van der Waals surface area contributed by atoms with E-state index in [0.717, 1.165) is 23.3 Å². The molecule has 112 valence electrons. The molecule has 0 amide bonds. The summed E-state index contributed by atoms with van der Waals surface area (Å²) in [6.45, 7) is 2.18. The Morgan fingerprint density at radius 3 is 2.57 bits per heavy atom. The fourth-order valence-electron chi connectivity index (χ4n) is 3.00. The standard InChI is InChI=1S/C21H18N2/c1-2-15-10-11-19-18(14-15)21(12-13-22-19)23-20-9-5-7-16-6-3-4-8-17(16)20/h3-14H,2H2,1H3,(H,22,23). The molecule has 0 bridgehead atoms. The van der Waals surface area contributed by atoms with Gasteiger partial charge in [0.05, 0.1) is 5.52 Å². The molecule has 1 N–H and O–H groups in total. The van der Waals surface area contributed by atoms with E-state index >= 15 is 0 Å². The van der Waals surface area contributed by atoms with Gasteiger partial charge in [0.25, 0.3) is 0 Å². The molecule has 23 heavy (non-hydrogen) atoms. The molecule has 2 heteroatoms. The summed E-state index contributed by atoms with van der Waals surface area (Å²) >= 11 is 0. The van der Waals surface area contributed by atoms with Gasteiger partial charge in [0.15, 0.2) is 0 Å². The summed E-state index contributed by atoms with van der Waals surface area (Å²) in [6.07, 6.45) is 2.89. The lowest BCUT2D eigenvalue weighted by atomic mass is 10.1.